The largest absolute Gasteiger partial charge is 0.466 e. The first-order valence-corrected chi connectivity index (χ1v) is 7.75. The number of esters is 1. The van der Waals surface area contributed by atoms with Gasteiger partial charge in [-0.15, -0.1) is 0 Å². The molecular weight excluding hydrogens is 270 g/mol. The number of hydrogen-bond donors (Lipinski definition) is 0. The molecule has 0 N–H and O–H groups in total. The average Bonchev–Trinajstić information content (AvgIpc) is 2.26. The molecule has 0 aromatic heterocycles. The maximum absolute atomic E-state index is 12.3. The third kappa shape index (κ3) is 7.34. The highest BCUT2D eigenvalue weighted by Gasteiger charge is 2.36. The van der Waals surface area contributed by atoms with Crippen LogP contribution in [-0.2, 0) is 14.3 Å². The third-order valence-corrected chi connectivity index (χ3v) is 3.00. The Morgan fingerprint density at radius 1 is 1.05 bits per heavy atom. The lowest BCUT2D eigenvalue weighted by atomic mass is 9.95. The normalized spacial score (nSPS) is 13.0. The van der Waals surface area contributed by atoms with Crippen LogP contribution < -0.4 is 0 Å². The fourth-order valence-corrected chi connectivity index (χ4v) is 2.40. The molecule has 1 atom stereocenters. The van der Waals surface area contributed by atoms with Crippen molar-refractivity contribution >= 4 is 12.1 Å². The Labute approximate surface area is 129 Å². The fourth-order valence-electron chi connectivity index (χ4n) is 2.40. The van der Waals surface area contributed by atoms with E-state index in [1.807, 2.05) is 20.8 Å². The summed E-state index contributed by atoms with van der Waals surface area (Å²) in [5.41, 5.74) is -0.418. The van der Waals surface area contributed by atoms with Gasteiger partial charge in [0.1, 0.15) is 0 Å². The highest BCUT2D eigenvalue weighted by Crippen LogP contribution is 2.25. The van der Waals surface area contributed by atoms with Crippen LogP contribution in [0.15, 0.2) is 0 Å². The van der Waals surface area contributed by atoms with Crippen molar-refractivity contribution in [3.8, 4) is 0 Å². The molecule has 0 fully saturated rings. The number of rotatable bonds is 7. The number of hydrogen-bond acceptors (Lipinski definition) is 4. The predicted octanol–water partition coefficient (Wildman–Crippen LogP) is 3.61. The minimum atomic E-state index is -0.418. The van der Waals surface area contributed by atoms with Gasteiger partial charge in [0, 0.05) is 11.6 Å². The van der Waals surface area contributed by atoms with Gasteiger partial charge in [-0.2, -0.15) is 0 Å². The minimum absolute atomic E-state index is 0.197. The second-order valence-corrected chi connectivity index (χ2v) is 6.53. The molecule has 0 bridgehead atoms. The average molecular weight is 301 g/mol. The summed E-state index contributed by atoms with van der Waals surface area (Å²) < 4.78 is 10.2. The number of carbonyl (C=O) groups is 2. The summed E-state index contributed by atoms with van der Waals surface area (Å²) in [7, 11) is 0. The molecule has 0 aliphatic heterocycles. The van der Waals surface area contributed by atoms with Crippen LogP contribution in [0.4, 0.5) is 4.79 Å². The maximum Gasteiger partial charge on any atom is 0.410 e. The molecule has 0 heterocycles. The van der Waals surface area contributed by atoms with E-state index >= 15 is 0 Å². The lowest BCUT2D eigenvalue weighted by Gasteiger charge is -2.41. The molecule has 0 aliphatic rings. The molecule has 1 unspecified atom stereocenters. The molecule has 0 spiro atoms. The summed E-state index contributed by atoms with van der Waals surface area (Å²) in [6.07, 6.45) is 0.553. The van der Waals surface area contributed by atoms with Gasteiger partial charge < -0.3 is 9.47 Å². The van der Waals surface area contributed by atoms with Crippen molar-refractivity contribution in [2.75, 3.05) is 13.2 Å². The molecule has 5 nitrogen and oxygen atoms in total. The quantitative estimate of drug-likeness (QED) is 0.674. The SMILES string of the molecule is CCOC(=O)CC(CC(C)C)N(C(=O)OCC)C(C)(C)C. The van der Waals surface area contributed by atoms with Crippen LogP contribution in [0, 0.1) is 5.92 Å². The van der Waals surface area contributed by atoms with Gasteiger partial charge in [-0.05, 0) is 47.0 Å². The Morgan fingerprint density at radius 3 is 1.95 bits per heavy atom. The van der Waals surface area contributed by atoms with E-state index in [1.54, 1.807) is 18.7 Å². The van der Waals surface area contributed by atoms with Crippen molar-refractivity contribution in [1.82, 2.24) is 4.90 Å². The van der Waals surface area contributed by atoms with Gasteiger partial charge in [-0.25, -0.2) is 4.79 Å². The molecule has 0 radical (unpaired) electrons. The highest BCUT2D eigenvalue weighted by molar-refractivity contribution is 5.73. The lowest BCUT2D eigenvalue weighted by molar-refractivity contribution is -0.144. The van der Waals surface area contributed by atoms with Gasteiger partial charge in [0.15, 0.2) is 0 Å². The predicted molar refractivity (Wildman–Crippen MR) is 83.1 cm³/mol. The second-order valence-electron chi connectivity index (χ2n) is 6.53. The highest BCUT2D eigenvalue weighted by atomic mass is 16.6. The Hall–Kier alpha value is -1.26. The van der Waals surface area contributed by atoms with Crippen molar-refractivity contribution < 1.29 is 19.1 Å². The van der Waals surface area contributed by atoms with E-state index in [0.29, 0.717) is 19.1 Å². The second kappa shape index (κ2) is 8.90. The molecule has 0 aromatic rings. The molecule has 0 aliphatic carbocycles. The molecule has 0 saturated heterocycles. The van der Waals surface area contributed by atoms with Crippen molar-refractivity contribution in [2.24, 2.45) is 5.92 Å². The van der Waals surface area contributed by atoms with Crippen LogP contribution in [0.25, 0.3) is 0 Å². The van der Waals surface area contributed by atoms with Crippen molar-refractivity contribution in [3.63, 3.8) is 0 Å². The Balaban J connectivity index is 5.26. The lowest BCUT2D eigenvalue weighted by Crippen LogP contribution is -2.53. The first-order valence-electron chi connectivity index (χ1n) is 7.75. The van der Waals surface area contributed by atoms with Gasteiger partial charge in [0.05, 0.1) is 19.6 Å². The van der Waals surface area contributed by atoms with Crippen LogP contribution >= 0.6 is 0 Å². The maximum atomic E-state index is 12.3. The van der Waals surface area contributed by atoms with E-state index in [1.165, 1.54) is 0 Å². The molecule has 5 heteroatoms. The summed E-state index contributed by atoms with van der Waals surface area (Å²) in [4.78, 5) is 25.8. The number of amides is 1. The number of nitrogens with zero attached hydrogens (tertiary/aromatic N) is 1. The Morgan fingerprint density at radius 2 is 1.57 bits per heavy atom. The van der Waals surface area contributed by atoms with E-state index in [4.69, 9.17) is 9.47 Å². The topological polar surface area (TPSA) is 55.8 Å². The monoisotopic (exact) mass is 301 g/mol. The molecule has 0 aromatic carbocycles. The minimum Gasteiger partial charge on any atom is -0.466 e. The number of carbonyl (C=O) groups excluding carboxylic acids is 2. The first-order chi connectivity index (χ1) is 9.63. The van der Waals surface area contributed by atoms with Crippen molar-refractivity contribution in [1.29, 1.82) is 0 Å². The van der Waals surface area contributed by atoms with Crippen LogP contribution in [-0.4, -0.2) is 41.8 Å². The Bertz CT molecular complexity index is 334. The van der Waals surface area contributed by atoms with E-state index in [0.717, 1.165) is 6.42 Å². The van der Waals surface area contributed by atoms with E-state index in [9.17, 15) is 9.59 Å². The van der Waals surface area contributed by atoms with Gasteiger partial charge in [0.25, 0.3) is 0 Å². The van der Waals surface area contributed by atoms with Crippen LogP contribution in [0.3, 0.4) is 0 Å². The van der Waals surface area contributed by atoms with Crippen molar-refractivity contribution in [3.05, 3.63) is 0 Å². The van der Waals surface area contributed by atoms with E-state index < -0.39 is 5.54 Å². The van der Waals surface area contributed by atoms with Gasteiger partial charge >= 0.3 is 12.1 Å². The molecule has 0 saturated carbocycles. The first kappa shape index (κ1) is 19.7. The molecule has 1 amide bonds. The zero-order chi connectivity index (χ0) is 16.6. The molecule has 124 valence electrons. The number of ether oxygens (including phenoxy) is 2. The molecular formula is C16H31NO4. The van der Waals surface area contributed by atoms with Crippen molar-refractivity contribution in [2.45, 2.75) is 72.9 Å². The van der Waals surface area contributed by atoms with Crippen LogP contribution in [0.5, 0.6) is 0 Å². The third-order valence-electron chi connectivity index (χ3n) is 3.00. The van der Waals surface area contributed by atoms with E-state index in [-0.39, 0.29) is 24.5 Å². The zero-order valence-electron chi connectivity index (χ0n) is 14.6. The molecule has 21 heavy (non-hydrogen) atoms. The summed E-state index contributed by atoms with van der Waals surface area (Å²) in [6.45, 7) is 14.2. The standard InChI is InChI=1S/C16H31NO4/c1-8-20-14(18)11-13(10-12(3)4)17(16(5,6)7)15(19)21-9-2/h12-13H,8-11H2,1-7H3. The summed E-state index contributed by atoms with van der Waals surface area (Å²) >= 11 is 0. The van der Waals surface area contributed by atoms with Gasteiger partial charge in [0.2, 0.25) is 0 Å². The smallest absolute Gasteiger partial charge is 0.410 e. The Kier molecular flexibility index (Phi) is 8.37. The van der Waals surface area contributed by atoms with Gasteiger partial charge in [-0.1, -0.05) is 13.8 Å². The molecule has 0 rings (SSSR count). The van der Waals surface area contributed by atoms with Crippen LogP contribution in [0.1, 0.15) is 61.3 Å². The van der Waals surface area contributed by atoms with Gasteiger partial charge in [-0.3, -0.25) is 9.69 Å². The van der Waals surface area contributed by atoms with E-state index in [2.05, 4.69) is 13.8 Å². The summed E-state index contributed by atoms with van der Waals surface area (Å²) in [5, 5.41) is 0. The summed E-state index contributed by atoms with van der Waals surface area (Å²) in [6, 6.07) is -0.219. The fraction of sp³-hybridized carbons (Fsp3) is 0.875. The zero-order valence-corrected chi connectivity index (χ0v) is 14.6. The van der Waals surface area contributed by atoms with Crippen LogP contribution in [0.2, 0.25) is 0 Å². The summed E-state index contributed by atoms with van der Waals surface area (Å²) in [5.74, 6) is 0.0883.